The largest absolute Gasteiger partial charge is 0.478 e. The molecule has 0 radical (unpaired) electrons. The first kappa shape index (κ1) is 14.6. The third-order valence-electron chi connectivity index (χ3n) is 4.07. The van der Waals surface area contributed by atoms with E-state index in [1.54, 1.807) is 12.1 Å². The van der Waals surface area contributed by atoms with Crippen molar-refractivity contribution in [1.82, 2.24) is 9.78 Å². The maximum absolute atomic E-state index is 11.0. The highest BCUT2D eigenvalue weighted by molar-refractivity contribution is 5.87. The number of benzene rings is 1. The number of nitrogens with one attached hydrogen (secondary N) is 1. The van der Waals surface area contributed by atoms with Crippen molar-refractivity contribution >= 4 is 11.8 Å². The lowest BCUT2D eigenvalue weighted by Gasteiger charge is -2.09. The molecule has 0 saturated heterocycles. The number of aromatic carboxylic acids is 1. The van der Waals surface area contributed by atoms with Crippen LogP contribution >= 0.6 is 0 Å². The predicted octanol–water partition coefficient (Wildman–Crippen LogP) is 3.44. The zero-order valence-electron chi connectivity index (χ0n) is 13.0. The highest BCUT2D eigenvalue weighted by Gasteiger charge is 2.22. The summed E-state index contributed by atoms with van der Waals surface area (Å²) in [7, 11) is 0. The van der Waals surface area contributed by atoms with Crippen molar-refractivity contribution in [2.75, 3.05) is 11.9 Å². The van der Waals surface area contributed by atoms with Gasteiger partial charge in [-0.2, -0.15) is 5.10 Å². The van der Waals surface area contributed by atoms with Crippen LogP contribution in [0, 0.1) is 0 Å². The van der Waals surface area contributed by atoms with Crippen LogP contribution in [-0.4, -0.2) is 27.4 Å². The molecule has 1 aromatic heterocycles. The van der Waals surface area contributed by atoms with Gasteiger partial charge in [-0.1, -0.05) is 13.8 Å². The van der Waals surface area contributed by atoms with Gasteiger partial charge in [-0.3, -0.25) is 0 Å². The summed E-state index contributed by atoms with van der Waals surface area (Å²) < 4.78 is 1.92. The summed E-state index contributed by atoms with van der Waals surface area (Å²) in [5.74, 6) is 0.518. The van der Waals surface area contributed by atoms with Crippen molar-refractivity contribution < 1.29 is 9.90 Å². The van der Waals surface area contributed by atoms with Crippen molar-refractivity contribution in [2.45, 2.75) is 39.0 Å². The highest BCUT2D eigenvalue weighted by Crippen LogP contribution is 2.31. The number of anilines is 1. The second-order valence-corrected chi connectivity index (χ2v) is 6.01. The fraction of sp³-hybridized carbons (Fsp3) is 0.412. The van der Waals surface area contributed by atoms with E-state index in [4.69, 9.17) is 10.2 Å². The summed E-state index contributed by atoms with van der Waals surface area (Å²) in [4.78, 5) is 11.0. The summed E-state index contributed by atoms with van der Waals surface area (Å²) in [5.41, 5.74) is 3.61. The lowest BCUT2D eigenvalue weighted by molar-refractivity contribution is 0.0697. The Kier molecular flexibility index (Phi) is 3.88. The van der Waals surface area contributed by atoms with E-state index in [2.05, 4.69) is 19.2 Å². The normalized spacial score (nSPS) is 14.3. The first-order valence-corrected chi connectivity index (χ1v) is 7.77. The molecule has 1 aliphatic heterocycles. The molecule has 5 nitrogen and oxygen atoms in total. The number of carboxylic acid groups (broad SMARTS) is 1. The number of nitrogens with zero attached hydrogens (tertiary/aromatic N) is 2. The highest BCUT2D eigenvalue weighted by atomic mass is 16.4. The number of carbonyl (C=O) groups is 1. The number of fused-ring (bicyclic) bond motifs is 1. The van der Waals surface area contributed by atoms with Crippen molar-refractivity contribution in [3.63, 3.8) is 0 Å². The SMILES string of the molecule is CC(C)c1nn(-c2ccc(C(=O)O)cc2)c2c1CCCCN2. The van der Waals surface area contributed by atoms with Gasteiger partial charge in [0.15, 0.2) is 0 Å². The molecule has 1 aromatic carbocycles. The quantitative estimate of drug-likeness (QED) is 0.911. The van der Waals surface area contributed by atoms with Crippen molar-refractivity contribution in [3.05, 3.63) is 41.1 Å². The second-order valence-electron chi connectivity index (χ2n) is 6.01. The molecule has 1 aliphatic rings. The number of hydrogen-bond acceptors (Lipinski definition) is 3. The first-order chi connectivity index (χ1) is 10.6. The monoisotopic (exact) mass is 299 g/mol. The zero-order chi connectivity index (χ0) is 15.7. The molecular weight excluding hydrogens is 278 g/mol. The van der Waals surface area contributed by atoms with Crippen LogP contribution in [-0.2, 0) is 6.42 Å². The van der Waals surface area contributed by atoms with Crippen LogP contribution in [0.4, 0.5) is 5.82 Å². The molecular formula is C17H21N3O2. The summed E-state index contributed by atoms with van der Waals surface area (Å²) in [6.07, 6.45) is 3.37. The van der Waals surface area contributed by atoms with Gasteiger partial charge in [-0.25, -0.2) is 9.48 Å². The van der Waals surface area contributed by atoms with Gasteiger partial charge in [-0.15, -0.1) is 0 Å². The van der Waals surface area contributed by atoms with Gasteiger partial charge >= 0.3 is 5.97 Å². The summed E-state index contributed by atoms with van der Waals surface area (Å²) in [5, 5.41) is 17.3. The molecule has 0 saturated carbocycles. The van der Waals surface area contributed by atoms with Gasteiger partial charge in [0.1, 0.15) is 5.82 Å². The Morgan fingerprint density at radius 3 is 2.64 bits per heavy atom. The Hall–Kier alpha value is -2.30. The summed E-state index contributed by atoms with van der Waals surface area (Å²) in [6, 6.07) is 6.87. The maximum atomic E-state index is 11.0. The van der Waals surface area contributed by atoms with Crippen LogP contribution in [0.5, 0.6) is 0 Å². The zero-order valence-corrected chi connectivity index (χ0v) is 13.0. The first-order valence-electron chi connectivity index (χ1n) is 7.77. The van der Waals surface area contributed by atoms with Crippen LogP contribution in [0.1, 0.15) is 54.2 Å². The molecule has 2 N–H and O–H groups in total. The van der Waals surface area contributed by atoms with Crippen LogP contribution in [0.15, 0.2) is 24.3 Å². The third kappa shape index (κ3) is 2.58. The Morgan fingerprint density at radius 1 is 1.27 bits per heavy atom. The smallest absolute Gasteiger partial charge is 0.335 e. The Balaban J connectivity index is 2.08. The van der Waals surface area contributed by atoms with E-state index in [-0.39, 0.29) is 0 Å². The van der Waals surface area contributed by atoms with Gasteiger partial charge in [0, 0.05) is 12.1 Å². The summed E-state index contributed by atoms with van der Waals surface area (Å²) in [6.45, 7) is 5.26. The van der Waals surface area contributed by atoms with Crippen LogP contribution in [0.2, 0.25) is 0 Å². The van der Waals surface area contributed by atoms with E-state index >= 15 is 0 Å². The van der Waals surface area contributed by atoms with Gasteiger partial charge < -0.3 is 10.4 Å². The second kappa shape index (κ2) is 5.83. The van der Waals surface area contributed by atoms with Gasteiger partial charge in [0.25, 0.3) is 0 Å². The minimum absolute atomic E-state index is 0.291. The van der Waals surface area contributed by atoms with Gasteiger partial charge in [0.2, 0.25) is 0 Å². The topological polar surface area (TPSA) is 67.2 Å². The Bertz CT molecular complexity index is 687. The lowest BCUT2D eigenvalue weighted by atomic mass is 10.0. The average Bonchev–Trinajstić information content (AvgIpc) is 2.69. The number of aromatic nitrogens is 2. The molecule has 3 rings (SSSR count). The van der Waals surface area contributed by atoms with Gasteiger partial charge in [-0.05, 0) is 49.4 Å². The van der Waals surface area contributed by atoms with Crippen LogP contribution < -0.4 is 5.32 Å². The molecule has 2 aromatic rings. The van der Waals surface area contributed by atoms with E-state index in [9.17, 15) is 4.79 Å². The van der Waals surface area contributed by atoms with Crippen molar-refractivity contribution in [2.24, 2.45) is 0 Å². The Labute approximate surface area is 130 Å². The fourth-order valence-electron chi connectivity index (χ4n) is 2.92. The van der Waals surface area contributed by atoms with Crippen LogP contribution in [0.3, 0.4) is 0 Å². The van der Waals surface area contributed by atoms with Crippen molar-refractivity contribution in [3.8, 4) is 5.69 Å². The van der Waals surface area contributed by atoms with E-state index < -0.39 is 5.97 Å². The molecule has 0 amide bonds. The standard InChI is InChI=1S/C17H21N3O2/c1-11(2)15-14-5-3-4-10-18-16(14)20(19-15)13-8-6-12(7-9-13)17(21)22/h6-9,11,18H,3-5,10H2,1-2H3,(H,21,22). The number of rotatable bonds is 3. The number of hydrogen-bond donors (Lipinski definition) is 2. The van der Waals surface area contributed by atoms with Crippen LogP contribution in [0.25, 0.3) is 5.69 Å². The van der Waals surface area contributed by atoms with Crippen molar-refractivity contribution in [1.29, 1.82) is 0 Å². The van der Waals surface area contributed by atoms with E-state index in [0.717, 1.165) is 36.6 Å². The van der Waals surface area contributed by atoms with E-state index in [0.29, 0.717) is 11.5 Å². The molecule has 2 heterocycles. The molecule has 0 fully saturated rings. The number of carboxylic acids is 1. The molecule has 0 bridgehead atoms. The molecule has 0 unspecified atom stereocenters. The molecule has 5 heteroatoms. The molecule has 0 aliphatic carbocycles. The Morgan fingerprint density at radius 2 is 2.00 bits per heavy atom. The fourth-order valence-corrected chi connectivity index (χ4v) is 2.92. The lowest BCUT2D eigenvalue weighted by Crippen LogP contribution is -2.07. The predicted molar refractivity (Wildman–Crippen MR) is 86.0 cm³/mol. The molecule has 22 heavy (non-hydrogen) atoms. The minimum Gasteiger partial charge on any atom is -0.478 e. The minimum atomic E-state index is -0.910. The molecule has 0 atom stereocenters. The maximum Gasteiger partial charge on any atom is 0.335 e. The third-order valence-corrected chi connectivity index (χ3v) is 4.07. The van der Waals surface area contributed by atoms with E-state index in [1.807, 2.05) is 16.8 Å². The summed E-state index contributed by atoms with van der Waals surface area (Å²) >= 11 is 0. The molecule has 0 spiro atoms. The average molecular weight is 299 g/mol. The molecule has 116 valence electrons. The van der Waals surface area contributed by atoms with E-state index in [1.165, 1.54) is 12.0 Å². The van der Waals surface area contributed by atoms with Gasteiger partial charge in [0.05, 0.1) is 16.9 Å².